The quantitative estimate of drug-likeness (QED) is 0.802. The average Bonchev–Trinajstić information content (AvgIpc) is 2.15. The number of hydrogen-bond donors (Lipinski definition) is 2. The second-order valence-electron chi connectivity index (χ2n) is 2.95. The lowest BCUT2D eigenvalue weighted by molar-refractivity contribution is -0.149. The van der Waals surface area contributed by atoms with Gasteiger partial charge in [0.15, 0.2) is 0 Å². The number of halogens is 3. The van der Waals surface area contributed by atoms with Crippen molar-refractivity contribution >= 4 is 0 Å². The van der Waals surface area contributed by atoms with Gasteiger partial charge in [-0.3, -0.25) is 0 Å². The van der Waals surface area contributed by atoms with Crippen LogP contribution in [-0.2, 0) is 0 Å². The molecule has 15 heavy (non-hydrogen) atoms. The zero-order valence-electron chi connectivity index (χ0n) is 7.88. The van der Waals surface area contributed by atoms with Gasteiger partial charge in [0.25, 0.3) is 0 Å². The summed E-state index contributed by atoms with van der Waals surface area (Å²) in [5.41, 5.74) is 4.81. The SMILES string of the molecule is COc1cc(O)ccc1[C@H](N)C(F)(F)F. The predicted octanol–water partition coefficient (Wildman–Crippen LogP) is 1.96. The van der Waals surface area contributed by atoms with Crippen LogP contribution < -0.4 is 10.5 Å². The first kappa shape index (κ1) is 11.6. The fourth-order valence-electron chi connectivity index (χ4n) is 1.13. The monoisotopic (exact) mass is 221 g/mol. The van der Waals surface area contributed by atoms with Crippen molar-refractivity contribution in [2.75, 3.05) is 7.11 Å². The van der Waals surface area contributed by atoms with Gasteiger partial charge in [0.05, 0.1) is 7.11 Å². The highest BCUT2D eigenvalue weighted by Gasteiger charge is 2.39. The number of aromatic hydroxyl groups is 1. The van der Waals surface area contributed by atoms with Gasteiger partial charge in [-0.15, -0.1) is 0 Å². The molecule has 0 aromatic heterocycles. The van der Waals surface area contributed by atoms with Gasteiger partial charge in [0.2, 0.25) is 0 Å². The van der Waals surface area contributed by atoms with E-state index in [0.717, 1.165) is 18.2 Å². The van der Waals surface area contributed by atoms with Crippen molar-refractivity contribution in [2.45, 2.75) is 12.2 Å². The Labute approximate surface area is 84.3 Å². The molecule has 6 heteroatoms. The van der Waals surface area contributed by atoms with Gasteiger partial charge in [-0.05, 0) is 12.1 Å². The molecule has 0 fully saturated rings. The van der Waals surface area contributed by atoms with E-state index in [2.05, 4.69) is 0 Å². The minimum absolute atomic E-state index is 0.0835. The summed E-state index contributed by atoms with van der Waals surface area (Å²) in [6, 6.07) is 1.18. The molecule has 0 aliphatic rings. The highest BCUT2D eigenvalue weighted by molar-refractivity contribution is 5.42. The van der Waals surface area contributed by atoms with Crippen molar-refractivity contribution in [3.05, 3.63) is 23.8 Å². The van der Waals surface area contributed by atoms with Crippen LogP contribution in [-0.4, -0.2) is 18.4 Å². The minimum Gasteiger partial charge on any atom is -0.508 e. The number of nitrogens with two attached hydrogens (primary N) is 1. The number of rotatable bonds is 2. The van der Waals surface area contributed by atoms with E-state index in [9.17, 15) is 13.2 Å². The number of hydrogen-bond acceptors (Lipinski definition) is 3. The molecule has 1 rings (SSSR count). The van der Waals surface area contributed by atoms with Gasteiger partial charge in [-0.25, -0.2) is 0 Å². The lowest BCUT2D eigenvalue weighted by atomic mass is 10.1. The van der Waals surface area contributed by atoms with Crippen molar-refractivity contribution in [2.24, 2.45) is 5.73 Å². The molecule has 0 saturated heterocycles. The maximum atomic E-state index is 12.3. The molecule has 3 N–H and O–H groups in total. The second-order valence-corrected chi connectivity index (χ2v) is 2.95. The topological polar surface area (TPSA) is 55.5 Å². The number of benzene rings is 1. The van der Waals surface area contributed by atoms with E-state index in [1.807, 2.05) is 0 Å². The Morgan fingerprint density at radius 1 is 1.40 bits per heavy atom. The molecule has 0 aliphatic heterocycles. The van der Waals surface area contributed by atoms with Gasteiger partial charge in [0.1, 0.15) is 17.5 Å². The average molecular weight is 221 g/mol. The second kappa shape index (κ2) is 3.98. The number of methoxy groups -OCH3 is 1. The molecule has 0 saturated carbocycles. The van der Waals surface area contributed by atoms with Crippen molar-refractivity contribution in [3.8, 4) is 11.5 Å². The van der Waals surface area contributed by atoms with Crippen molar-refractivity contribution < 1.29 is 23.0 Å². The third-order valence-electron chi connectivity index (χ3n) is 1.90. The van der Waals surface area contributed by atoms with Crippen molar-refractivity contribution in [1.29, 1.82) is 0 Å². The van der Waals surface area contributed by atoms with Crippen LogP contribution in [0.3, 0.4) is 0 Å². The molecule has 0 amide bonds. The molecule has 0 unspecified atom stereocenters. The lowest BCUT2D eigenvalue weighted by Gasteiger charge is -2.18. The zero-order valence-corrected chi connectivity index (χ0v) is 7.88. The summed E-state index contributed by atoms with van der Waals surface area (Å²) in [7, 11) is 1.21. The maximum Gasteiger partial charge on any atom is 0.407 e. The Balaban J connectivity index is 3.14. The molecular weight excluding hydrogens is 211 g/mol. The number of phenols is 1. The fraction of sp³-hybridized carbons (Fsp3) is 0.333. The summed E-state index contributed by atoms with van der Waals surface area (Å²) in [4.78, 5) is 0. The van der Waals surface area contributed by atoms with Crippen LogP contribution in [0.15, 0.2) is 18.2 Å². The Kier molecular flexibility index (Phi) is 3.09. The third-order valence-corrected chi connectivity index (χ3v) is 1.90. The highest BCUT2D eigenvalue weighted by Crippen LogP contribution is 2.36. The van der Waals surface area contributed by atoms with E-state index in [1.165, 1.54) is 7.11 Å². The molecule has 3 nitrogen and oxygen atoms in total. The van der Waals surface area contributed by atoms with Gasteiger partial charge >= 0.3 is 6.18 Å². The van der Waals surface area contributed by atoms with Crippen LogP contribution in [0.1, 0.15) is 11.6 Å². The number of alkyl halides is 3. The highest BCUT2D eigenvalue weighted by atomic mass is 19.4. The first-order chi connectivity index (χ1) is 6.86. The van der Waals surface area contributed by atoms with Gasteiger partial charge in [0, 0.05) is 11.6 Å². The van der Waals surface area contributed by atoms with E-state index in [1.54, 1.807) is 0 Å². The summed E-state index contributed by atoms with van der Waals surface area (Å²) < 4.78 is 41.6. The smallest absolute Gasteiger partial charge is 0.407 e. The normalized spacial score (nSPS) is 13.7. The summed E-state index contributed by atoms with van der Waals surface area (Å²) in [5, 5.41) is 9.05. The fourth-order valence-corrected chi connectivity index (χ4v) is 1.13. The van der Waals surface area contributed by atoms with Gasteiger partial charge < -0.3 is 15.6 Å². The zero-order chi connectivity index (χ0) is 11.6. The predicted molar refractivity (Wildman–Crippen MR) is 47.6 cm³/mol. The van der Waals surface area contributed by atoms with E-state index in [0.29, 0.717) is 0 Å². The Morgan fingerprint density at radius 2 is 2.00 bits per heavy atom. The maximum absolute atomic E-state index is 12.3. The minimum atomic E-state index is -4.54. The van der Waals surface area contributed by atoms with Crippen LogP contribution in [0.25, 0.3) is 0 Å². The van der Waals surface area contributed by atoms with Crippen LogP contribution in [0.4, 0.5) is 13.2 Å². The Hall–Kier alpha value is -1.43. The Bertz CT molecular complexity index is 352. The van der Waals surface area contributed by atoms with Crippen LogP contribution >= 0.6 is 0 Å². The summed E-state index contributed by atoms with van der Waals surface area (Å²) >= 11 is 0. The van der Waals surface area contributed by atoms with Gasteiger partial charge in [-0.2, -0.15) is 13.2 Å². The molecule has 1 aromatic rings. The molecule has 0 spiro atoms. The van der Waals surface area contributed by atoms with Gasteiger partial charge in [-0.1, -0.05) is 0 Å². The standard InChI is InChI=1S/C9H10F3NO2/c1-15-7-4-5(14)2-3-6(7)8(13)9(10,11)12/h2-4,8,14H,13H2,1H3/t8-/m0/s1. The molecular formula is C9H10F3NO2. The molecule has 84 valence electrons. The molecule has 1 aromatic carbocycles. The molecule has 1 atom stereocenters. The van der Waals surface area contributed by atoms with E-state index < -0.39 is 12.2 Å². The number of ether oxygens (including phenoxy) is 1. The largest absolute Gasteiger partial charge is 0.508 e. The Morgan fingerprint density at radius 3 is 2.47 bits per heavy atom. The first-order valence-corrected chi connectivity index (χ1v) is 4.05. The summed E-state index contributed by atoms with van der Waals surface area (Å²) in [6.07, 6.45) is -4.54. The van der Waals surface area contributed by atoms with Crippen LogP contribution in [0, 0.1) is 0 Å². The summed E-state index contributed by atoms with van der Waals surface area (Å²) in [6.45, 7) is 0. The van der Waals surface area contributed by atoms with Crippen LogP contribution in [0.5, 0.6) is 11.5 Å². The molecule has 0 bridgehead atoms. The lowest BCUT2D eigenvalue weighted by Crippen LogP contribution is -2.28. The number of phenolic OH excluding ortho intramolecular Hbond substituents is 1. The summed E-state index contributed by atoms with van der Waals surface area (Å²) in [5.74, 6) is -0.259. The van der Waals surface area contributed by atoms with Crippen molar-refractivity contribution in [3.63, 3.8) is 0 Å². The molecule has 0 radical (unpaired) electrons. The van der Waals surface area contributed by atoms with Crippen molar-refractivity contribution in [1.82, 2.24) is 0 Å². The van der Waals surface area contributed by atoms with E-state index in [-0.39, 0.29) is 17.1 Å². The third kappa shape index (κ3) is 2.53. The molecule has 0 heterocycles. The van der Waals surface area contributed by atoms with E-state index in [4.69, 9.17) is 15.6 Å². The molecule has 0 aliphatic carbocycles. The van der Waals surface area contributed by atoms with E-state index >= 15 is 0 Å². The van der Waals surface area contributed by atoms with Crippen LogP contribution in [0.2, 0.25) is 0 Å². The first-order valence-electron chi connectivity index (χ1n) is 4.05.